The number of para-hydroxylation sites is 1. The SMILES string of the molecule is CC1CC1c1nc(-c2cccnc2Oc2ccccc2)no1. The maximum atomic E-state index is 5.84. The fraction of sp³-hybridized carbons (Fsp3) is 0.235. The van der Waals surface area contributed by atoms with Crippen molar-refractivity contribution >= 4 is 0 Å². The molecule has 0 radical (unpaired) electrons. The molecule has 2 heterocycles. The molecule has 4 rings (SSSR count). The van der Waals surface area contributed by atoms with Crippen LogP contribution in [0.3, 0.4) is 0 Å². The first kappa shape index (κ1) is 13.0. The van der Waals surface area contributed by atoms with E-state index in [1.54, 1.807) is 6.20 Å². The van der Waals surface area contributed by atoms with Gasteiger partial charge in [0.25, 0.3) is 0 Å². The predicted molar refractivity (Wildman–Crippen MR) is 80.6 cm³/mol. The van der Waals surface area contributed by atoms with E-state index in [2.05, 4.69) is 22.0 Å². The molecule has 1 aromatic carbocycles. The summed E-state index contributed by atoms with van der Waals surface area (Å²) in [6.07, 6.45) is 2.80. The molecule has 1 fully saturated rings. The lowest BCUT2D eigenvalue weighted by molar-refractivity contribution is 0.376. The zero-order valence-electron chi connectivity index (χ0n) is 12.1. The molecule has 2 aromatic heterocycles. The van der Waals surface area contributed by atoms with Gasteiger partial charge in [0.2, 0.25) is 17.6 Å². The Labute approximate surface area is 128 Å². The summed E-state index contributed by atoms with van der Waals surface area (Å²) in [5, 5.41) is 4.08. The second kappa shape index (κ2) is 5.26. The standard InChI is InChI=1S/C17H15N3O2/c1-11-10-14(11)17-19-15(20-22-17)13-8-5-9-18-16(13)21-12-6-3-2-4-7-12/h2-9,11,14H,10H2,1H3. The highest BCUT2D eigenvalue weighted by molar-refractivity contribution is 5.61. The van der Waals surface area contributed by atoms with Crippen molar-refractivity contribution < 1.29 is 9.26 Å². The van der Waals surface area contributed by atoms with E-state index in [4.69, 9.17) is 9.26 Å². The lowest BCUT2D eigenvalue weighted by Gasteiger charge is -2.06. The molecule has 110 valence electrons. The number of pyridine rings is 1. The predicted octanol–water partition coefficient (Wildman–Crippen LogP) is 4.05. The maximum absolute atomic E-state index is 5.84. The van der Waals surface area contributed by atoms with Gasteiger partial charge in [-0.05, 0) is 36.6 Å². The minimum atomic E-state index is 0.399. The Kier molecular flexibility index (Phi) is 3.11. The summed E-state index contributed by atoms with van der Waals surface area (Å²) in [5.74, 6) is 3.45. The first-order chi connectivity index (χ1) is 10.8. The topological polar surface area (TPSA) is 61.0 Å². The van der Waals surface area contributed by atoms with Crippen molar-refractivity contribution in [1.82, 2.24) is 15.1 Å². The first-order valence-electron chi connectivity index (χ1n) is 7.33. The van der Waals surface area contributed by atoms with Crippen LogP contribution in [0.5, 0.6) is 11.6 Å². The van der Waals surface area contributed by atoms with Crippen molar-refractivity contribution in [2.24, 2.45) is 5.92 Å². The molecule has 1 aliphatic carbocycles. The zero-order chi connectivity index (χ0) is 14.9. The van der Waals surface area contributed by atoms with E-state index in [-0.39, 0.29) is 0 Å². The molecule has 0 amide bonds. The second-order valence-corrected chi connectivity index (χ2v) is 5.55. The van der Waals surface area contributed by atoms with E-state index in [0.29, 0.717) is 29.4 Å². The molecule has 0 aliphatic heterocycles. The number of rotatable bonds is 4. The second-order valence-electron chi connectivity index (χ2n) is 5.55. The van der Waals surface area contributed by atoms with Crippen molar-refractivity contribution in [3.63, 3.8) is 0 Å². The third-order valence-corrected chi connectivity index (χ3v) is 3.84. The van der Waals surface area contributed by atoms with Crippen LogP contribution in [-0.2, 0) is 0 Å². The van der Waals surface area contributed by atoms with Crippen molar-refractivity contribution in [2.75, 3.05) is 0 Å². The molecule has 2 unspecified atom stereocenters. The van der Waals surface area contributed by atoms with E-state index < -0.39 is 0 Å². The average molecular weight is 293 g/mol. The summed E-state index contributed by atoms with van der Waals surface area (Å²) in [5.41, 5.74) is 0.731. The normalized spacial score (nSPS) is 19.9. The van der Waals surface area contributed by atoms with Gasteiger partial charge in [-0.3, -0.25) is 0 Å². The summed E-state index contributed by atoms with van der Waals surface area (Å²) in [6, 6.07) is 13.3. The van der Waals surface area contributed by atoms with Crippen LogP contribution in [0.25, 0.3) is 11.4 Å². The van der Waals surface area contributed by atoms with Gasteiger partial charge in [0, 0.05) is 12.1 Å². The van der Waals surface area contributed by atoms with E-state index in [9.17, 15) is 0 Å². The molecule has 0 N–H and O–H groups in total. The summed E-state index contributed by atoms with van der Waals surface area (Å²) >= 11 is 0. The number of hydrogen-bond acceptors (Lipinski definition) is 5. The Bertz CT molecular complexity index is 785. The zero-order valence-corrected chi connectivity index (χ0v) is 12.1. The molecule has 3 aromatic rings. The molecular weight excluding hydrogens is 278 g/mol. The van der Waals surface area contributed by atoms with Crippen LogP contribution in [0, 0.1) is 5.92 Å². The molecule has 2 atom stereocenters. The molecule has 0 bridgehead atoms. The van der Waals surface area contributed by atoms with Gasteiger partial charge in [0.05, 0.1) is 5.56 Å². The Morgan fingerprint density at radius 1 is 1.14 bits per heavy atom. The van der Waals surface area contributed by atoms with Crippen LogP contribution < -0.4 is 4.74 Å². The minimum Gasteiger partial charge on any atom is -0.438 e. The number of benzene rings is 1. The van der Waals surface area contributed by atoms with Gasteiger partial charge in [-0.25, -0.2) is 4.98 Å². The Hall–Kier alpha value is -2.69. The fourth-order valence-corrected chi connectivity index (χ4v) is 2.40. The Balaban J connectivity index is 1.65. The third kappa shape index (κ3) is 2.45. The van der Waals surface area contributed by atoms with Crippen LogP contribution in [0.1, 0.15) is 25.2 Å². The number of nitrogens with zero attached hydrogens (tertiary/aromatic N) is 3. The maximum Gasteiger partial charge on any atom is 0.230 e. The first-order valence-corrected chi connectivity index (χ1v) is 7.33. The average Bonchev–Trinajstić information content (AvgIpc) is 3.09. The van der Waals surface area contributed by atoms with Gasteiger partial charge in [-0.15, -0.1) is 0 Å². The van der Waals surface area contributed by atoms with E-state index in [1.807, 2.05) is 42.5 Å². The molecule has 5 nitrogen and oxygen atoms in total. The number of ether oxygens (including phenoxy) is 1. The van der Waals surface area contributed by atoms with E-state index in [0.717, 1.165) is 17.7 Å². The van der Waals surface area contributed by atoms with Crippen molar-refractivity contribution in [1.29, 1.82) is 0 Å². The lowest BCUT2D eigenvalue weighted by atomic mass is 10.2. The highest BCUT2D eigenvalue weighted by atomic mass is 16.5. The molecular formula is C17H15N3O2. The smallest absolute Gasteiger partial charge is 0.230 e. The van der Waals surface area contributed by atoms with Crippen molar-refractivity contribution in [3.8, 4) is 23.0 Å². The van der Waals surface area contributed by atoms with Gasteiger partial charge in [0.15, 0.2) is 0 Å². The summed E-state index contributed by atoms with van der Waals surface area (Å²) in [6.45, 7) is 2.18. The quantitative estimate of drug-likeness (QED) is 0.726. The highest BCUT2D eigenvalue weighted by Crippen LogP contribution is 2.46. The monoisotopic (exact) mass is 293 g/mol. The molecule has 0 spiro atoms. The van der Waals surface area contributed by atoms with Crippen LogP contribution in [0.4, 0.5) is 0 Å². The molecule has 0 saturated heterocycles. The Morgan fingerprint density at radius 2 is 1.95 bits per heavy atom. The van der Waals surface area contributed by atoms with Crippen LogP contribution in [-0.4, -0.2) is 15.1 Å². The van der Waals surface area contributed by atoms with Crippen molar-refractivity contribution in [3.05, 3.63) is 54.6 Å². The number of hydrogen-bond donors (Lipinski definition) is 0. The summed E-state index contributed by atoms with van der Waals surface area (Å²) in [7, 11) is 0. The van der Waals surface area contributed by atoms with E-state index in [1.165, 1.54) is 0 Å². The summed E-state index contributed by atoms with van der Waals surface area (Å²) < 4.78 is 11.2. The molecule has 5 heteroatoms. The minimum absolute atomic E-state index is 0.399. The highest BCUT2D eigenvalue weighted by Gasteiger charge is 2.39. The van der Waals surface area contributed by atoms with Crippen molar-refractivity contribution in [2.45, 2.75) is 19.3 Å². The third-order valence-electron chi connectivity index (χ3n) is 3.84. The molecule has 1 saturated carbocycles. The summed E-state index contributed by atoms with van der Waals surface area (Å²) in [4.78, 5) is 8.79. The van der Waals surface area contributed by atoms with Gasteiger partial charge >= 0.3 is 0 Å². The van der Waals surface area contributed by atoms with E-state index >= 15 is 0 Å². The lowest BCUT2D eigenvalue weighted by Crippen LogP contribution is -1.92. The van der Waals surface area contributed by atoms with Gasteiger partial charge < -0.3 is 9.26 Å². The fourth-order valence-electron chi connectivity index (χ4n) is 2.40. The van der Waals surface area contributed by atoms with Crippen LogP contribution in [0.2, 0.25) is 0 Å². The van der Waals surface area contributed by atoms with Gasteiger partial charge in [-0.1, -0.05) is 30.3 Å². The molecule has 22 heavy (non-hydrogen) atoms. The molecule has 1 aliphatic rings. The van der Waals surface area contributed by atoms with Crippen LogP contribution in [0.15, 0.2) is 53.2 Å². The van der Waals surface area contributed by atoms with Gasteiger partial charge in [0.1, 0.15) is 5.75 Å². The van der Waals surface area contributed by atoms with Crippen LogP contribution >= 0.6 is 0 Å². The Morgan fingerprint density at radius 3 is 2.73 bits per heavy atom. The number of aromatic nitrogens is 3. The largest absolute Gasteiger partial charge is 0.438 e. The van der Waals surface area contributed by atoms with Gasteiger partial charge in [-0.2, -0.15) is 4.98 Å².